The largest absolute Gasteiger partial charge is 0.347 e. The van der Waals surface area contributed by atoms with E-state index in [2.05, 4.69) is 32.6 Å². The number of hydrogen-bond acceptors (Lipinski definition) is 6. The van der Waals surface area contributed by atoms with Crippen LogP contribution in [0.2, 0.25) is 0 Å². The number of pyridine rings is 1. The molecular formula is C18H25N5O2S2. The van der Waals surface area contributed by atoms with Crippen LogP contribution in [-0.4, -0.2) is 57.9 Å². The van der Waals surface area contributed by atoms with Crippen LogP contribution >= 0.6 is 11.8 Å². The molecule has 0 bridgehead atoms. The lowest BCUT2D eigenvalue weighted by atomic mass is 10.2. The van der Waals surface area contributed by atoms with E-state index in [9.17, 15) is 8.42 Å². The van der Waals surface area contributed by atoms with E-state index in [1.54, 1.807) is 4.31 Å². The summed E-state index contributed by atoms with van der Waals surface area (Å²) in [4.78, 5) is 11.5. The van der Waals surface area contributed by atoms with E-state index in [-0.39, 0.29) is 0 Å². The Labute approximate surface area is 164 Å². The summed E-state index contributed by atoms with van der Waals surface area (Å²) in [5.74, 6) is 2.67. The third-order valence-electron chi connectivity index (χ3n) is 5.12. The van der Waals surface area contributed by atoms with E-state index in [0.717, 1.165) is 41.7 Å². The van der Waals surface area contributed by atoms with Crippen LogP contribution in [0.1, 0.15) is 24.0 Å². The normalized spacial score (nSPS) is 21.3. The van der Waals surface area contributed by atoms with Crippen molar-refractivity contribution in [2.75, 3.05) is 30.3 Å². The van der Waals surface area contributed by atoms with Crippen molar-refractivity contribution in [3.63, 3.8) is 0 Å². The summed E-state index contributed by atoms with van der Waals surface area (Å²) in [6, 6.07) is 1.89. The average molecular weight is 408 g/mol. The fourth-order valence-corrected chi connectivity index (χ4v) is 6.61. The van der Waals surface area contributed by atoms with Crippen molar-refractivity contribution in [3.05, 3.63) is 35.5 Å². The Bertz CT molecular complexity index is 957. The summed E-state index contributed by atoms with van der Waals surface area (Å²) >= 11 is 1.82. The molecule has 2 aromatic heterocycles. The molecule has 4 heterocycles. The molecular weight excluding hydrogens is 382 g/mol. The Hall–Kier alpha value is -1.58. The Kier molecular flexibility index (Phi) is 4.94. The van der Waals surface area contributed by atoms with Crippen molar-refractivity contribution in [3.8, 4) is 0 Å². The van der Waals surface area contributed by atoms with E-state index < -0.39 is 10.0 Å². The van der Waals surface area contributed by atoms with Crippen LogP contribution in [0.25, 0.3) is 0 Å². The van der Waals surface area contributed by atoms with Gasteiger partial charge in [0.1, 0.15) is 16.5 Å². The standard InChI is InChI=1S/C18H25N5O2S2/c1-13-8-17(22-5-4-21-10-14(2)20-18(21)12-22)19-9-16(13)27(24,25)23-6-7-26-15(3)11-23/h8-10,15H,4-7,11-12H2,1-3H3. The second-order valence-electron chi connectivity index (χ2n) is 7.27. The number of aromatic nitrogens is 3. The second-order valence-corrected chi connectivity index (χ2v) is 10.7. The molecule has 1 fully saturated rings. The van der Waals surface area contributed by atoms with Gasteiger partial charge in [-0.2, -0.15) is 16.1 Å². The number of aryl methyl sites for hydroxylation is 2. The fraction of sp³-hybridized carbons (Fsp3) is 0.556. The summed E-state index contributed by atoms with van der Waals surface area (Å²) in [6.07, 6.45) is 3.59. The average Bonchev–Trinajstić information content (AvgIpc) is 3.00. The monoisotopic (exact) mass is 407 g/mol. The van der Waals surface area contributed by atoms with Crippen molar-refractivity contribution in [2.24, 2.45) is 0 Å². The van der Waals surface area contributed by atoms with Crippen LogP contribution in [0.15, 0.2) is 23.4 Å². The van der Waals surface area contributed by atoms with Gasteiger partial charge >= 0.3 is 0 Å². The maximum absolute atomic E-state index is 13.1. The van der Waals surface area contributed by atoms with Gasteiger partial charge in [0.05, 0.1) is 12.2 Å². The Balaban J connectivity index is 1.58. The minimum atomic E-state index is -3.50. The number of rotatable bonds is 3. The van der Waals surface area contributed by atoms with Gasteiger partial charge in [0.15, 0.2) is 0 Å². The van der Waals surface area contributed by atoms with Crippen LogP contribution in [0.4, 0.5) is 5.82 Å². The first kappa shape index (κ1) is 18.8. The number of sulfonamides is 1. The fourth-order valence-electron chi connectivity index (χ4n) is 3.71. The summed E-state index contributed by atoms with van der Waals surface area (Å²) in [7, 11) is -3.50. The highest BCUT2D eigenvalue weighted by atomic mass is 32.2. The number of imidazole rings is 1. The number of nitrogens with zero attached hydrogens (tertiary/aromatic N) is 5. The summed E-state index contributed by atoms with van der Waals surface area (Å²) in [5.41, 5.74) is 1.77. The van der Waals surface area contributed by atoms with E-state index in [1.165, 1.54) is 6.20 Å². The molecule has 27 heavy (non-hydrogen) atoms. The van der Waals surface area contributed by atoms with E-state index in [1.807, 2.05) is 31.7 Å². The second kappa shape index (κ2) is 7.10. The van der Waals surface area contributed by atoms with Crippen molar-refractivity contribution in [1.82, 2.24) is 18.8 Å². The van der Waals surface area contributed by atoms with E-state index in [0.29, 0.717) is 29.8 Å². The third kappa shape index (κ3) is 3.60. The molecule has 2 aromatic rings. The smallest absolute Gasteiger partial charge is 0.244 e. The molecule has 7 nitrogen and oxygen atoms in total. The van der Waals surface area contributed by atoms with Crippen molar-refractivity contribution in [1.29, 1.82) is 0 Å². The van der Waals surface area contributed by atoms with Crippen LogP contribution in [-0.2, 0) is 23.1 Å². The predicted octanol–water partition coefficient (Wildman–Crippen LogP) is 2.04. The number of anilines is 1. The van der Waals surface area contributed by atoms with Crippen LogP contribution in [0.3, 0.4) is 0 Å². The molecule has 0 aromatic carbocycles. The first-order chi connectivity index (χ1) is 12.8. The zero-order valence-electron chi connectivity index (χ0n) is 15.9. The molecule has 1 unspecified atom stereocenters. The number of thioether (sulfide) groups is 1. The summed E-state index contributed by atoms with van der Waals surface area (Å²) in [6.45, 7) is 9.43. The predicted molar refractivity (Wildman–Crippen MR) is 108 cm³/mol. The zero-order valence-corrected chi connectivity index (χ0v) is 17.6. The van der Waals surface area contributed by atoms with Crippen molar-refractivity contribution in [2.45, 2.75) is 44.0 Å². The molecule has 1 saturated heterocycles. The van der Waals surface area contributed by atoms with Crippen LogP contribution in [0.5, 0.6) is 0 Å². The highest BCUT2D eigenvalue weighted by Crippen LogP contribution is 2.28. The zero-order chi connectivity index (χ0) is 19.2. The first-order valence-electron chi connectivity index (χ1n) is 9.20. The van der Waals surface area contributed by atoms with Gasteiger partial charge in [0, 0.05) is 49.6 Å². The molecule has 9 heteroatoms. The Morgan fingerprint density at radius 3 is 2.78 bits per heavy atom. The van der Waals surface area contributed by atoms with E-state index in [4.69, 9.17) is 0 Å². The number of hydrogen-bond donors (Lipinski definition) is 0. The minimum Gasteiger partial charge on any atom is -0.347 e. The lowest BCUT2D eigenvalue weighted by molar-refractivity contribution is 0.423. The molecule has 0 aliphatic carbocycles. The van der Waals surface area contributed by atoms with Gasteiger partial charge in [-0.05, 0) is 25.5 Å². The lowest BCUT2D eigenvalue weighted by Gasteiger charge is -2.31. The summed E-state index contributed by atoms with van der Waals surface area (Å²) < 4.78 is 29.9. The van der Waals surface area contributed by atoms with Gasteiger partial charge < -0.3 is 9.47 Å². The van der Waals surface area contributed by atoms with Gasteiger partial charge in [-0.1, -0.05) is 6.92 Å². The molecule has 0 amide bonds. The van der Waals surface area contributed by atoms with Gasteiger partial charge in [-0.25, -0.2) is 18.4 Å². The lowest BCUT2D eigenvalue weighted by Crippen LogP contribution is -2.41. The van der Waals surface area contributed by atoms with Crippen LogP contribution in [0, 0.1) is 13.8 Å². The topological polar surface area (TPSA) is 71.3 Å². The van der Waals surface area contributed by atoms with Crippen molar-refractivity contribution >= 4 is 27.6 Å². The van der Waals surface area contributed by atoms with Crippen molar-refractivity contribution < 1.29 is 8.42 Å². The third-order valence-corrected chi connectivity index (χ3v) is 8.25. The quantitative estimate of drug-likeness (QED) is 0.775. The van der Waals surface area contributed by atoms with E-state index >= 15 is 0 Å². The van der Waals surface area contributed by atoms with Gasteiger partial charge in [0.2, 0.25) is 10.0 Å². The Morgan fingerprint density at radius 2 is 2.04 bits per heavy atom. The molecule has 0 N–H and O–H groups in total. The minimum absolute atomic E-state index is 0.319. The van der Waals surface area contributed by atoms with Gasteiger partial charge in [-0.15, -0.1) is 0 Å². The number of fused-ring (bicyclic) bond motifs is 1. The first-order valence-corrected chi connectivity index (χ1v) is 11.7. The van der Waals surface area contributed by atoms with Gasteiger partial charge in [0.25, 0.3) is 0 Å². The molecule has 1 atom stereocenters. The molecule has 0 saturated carbocycles. The molecule has 2 aliphatic heterocycles. The maximum Gasteiger partial charge on any atom is 0.244 e. The molecule has 4 rings (SSSR count). The molecule has 0 spiro atoms. The SMILES string of the molecule is Cc1cn2c(n1)CN(c1cc(C)c(S(=O)(=O)N3CCSC(C)C3)cn1)CC2. The Morgan fingerprint density at radius 1 is 1.22 bits per heavy atom. The molecule has 2 aliphatic rings. The molecule has 146 valence electrons. The van der Waals surface area contributed by atoms with Crippen LogP contribution < -0.4 is 4.90 Å². The highest BCUT2D eigenvalue weighted by molar-refractivity contribution is 8.00. The highest BCUT2D eigenvalue weighted by Gasteiger charge is 2.31. The molecule has 0 radical (unpaired) electrons. The maximum atomic E-state index is 13.1. The summed E-state index contributed by atoms with van der Waals surface area (Å²) in [5, 5.41) is 0.321. The van der Waals surface area contributed by atoms with Gasteiger partial charge in [-0.3, -0.25) is 0 Å².